The molecule has 2 rings (SSSR count). The number of nitrogen functional groups attached to an aromatic ring is 1. The van der Waals surface area contributed by atoms with Crippen molar-refractivity contribution in [3.63, 3.8) is 0 Å². The summed E-state index contributed by atoms with van der Waals surface area (Å²) in [7, 11) is 1.99. The van der Waals surface area contributed by atoms with Gasteiger partial charge in [0.15, 0.2) is 0 Å². The largest absolute Gasteiger partial charge is 0.368 e. The monoisotopic (exact) mass is 275 g/mol. The molecule has 6 heteroatoms. The van der Waals surface area contributed by atoms with Crippen LogP contribution in [0.15, 0.2) is 4.52 Å². The molecule has 20 heavy (non-hydrogen) atoms. The summed E-state index contributed by atoms with van der Waals surface area (Å²) in [5.41, 5.74) is 9.84. The molecule has 2 heterocycles. The lowest BCUT2D eigenvalue weighted by molar-refractivity contribution is 0.392. The fourth-order valence-electron chi connectivity index (χ4n) is 2.32. The van der Waals surface area contributed by atoms with Gasteiger partial charge in [-0.15, -0.1) is 0 Å². The Hall–Kier alpha value is -2.11. The minimum absolute atomic E-state index is 0.313. The van der Waals surface area contributed by atoms with E-state index in [1.165, 1.54) is 0 Å². The Kier molecular flexibility index (Phi) is 3.92. The van der Waals surface area contributed by atoms with Crippen LogP contribution in [0.5, 0.6) is 0 Å². The Morgan fingerprint density at radius 2 is 1.90 bits per heavy atom. The maximum absolute atomic E-state index is 5.80. The summed E-state index contributed by atoms with van der Waals surface area (Å²) < 4.78 is 5.20. The van der Waals surface area contributed by atoms with E-state index in [-0.39, 0.29) is 0 Å². The Bertz CT molecular complexity index is 601. The Morgan fingerprint density at radius 3 is 2.45 bits per heavy atom. The van der Waals surface area contributed by atoms with Gasteiger partial charge in [0.2, 0.25) is 5.95 Å². The molecule has 0 fully saturated rings. The lowest BCUT2D eigenvalue weighted by atomic mass is 10.1. The van der Waals surface area contributed by atoms with Gasteiger partial charge in [-0.05, 0) is 27.2 Å². The van der Waals surface area contributed by atoms with E-state index in [2.05, 4.69) is 26.9 Å². The lowest BCUT2D eigenvalue weighted by Gasteiger charge is -2.21. The molecule has 0 radical (unpaired) electrons. The van der Waals surface area contributed by atoms with Crippen LogP contribution in [0.3, 0.4) is 0 Å². The van der Waals surface area contributed by atoms with Crippen molar-refractivity contribution in [1.29, 1.82) is 0 Å². The predicted molar refractivity (Wildman–Crippen MR) is 78.6 cm³/mol. The van der Waals surface area contributed by atoms with Crippen molar-refractivity contribution >= 4 is 11.8 Å². The first kappa shape index (κ1) is 14.3. The van der Waals surface area contributed by atoms with Gasteiger partial charge in [0.05, 0.1) is 11.4 Å². The number of nitrogens with two attached hydrogens (primary N) is 1. The van der Waals surface area contributed by atoms with Gasteiger partial charge in [-0.25, -0.2) is 4.98 Å². The number of rotatable bonds is 4. The highest BCUT2D eigenvalue weighted by Crippen LogP contribution is 2.23. The van der Waals surface area contributed by atoms with Gasteiger partial charge in [-0.3, -0.25) is 0 Å². The molecular formula is C14H21N5O. The Labute approximate surface area is 119 Å². The van der Waals surface area contributed by atoms with Crippen molar-refractivity contribution in [3.8, 4) is 0 Å². The average Bonchev–Trinajstić information content (AvgIpc) is 2.72. The van der Waals surface area contributed by atoms with Gasteiger partial charge >= 0.3 is 0 Å². The summed E-state index contributed by atoms with van der Waals surface area (Å²) >= 11 is 0. The van der Waals surface area contributed by atoms with Crippen molar-refractivity contribution in [2.75, 3.05) is 17.7 Å². The van der Waals surface area contributed by atoms with Gasteiger partial charge in [-0.1, -0.05) is 12.1 Å². The van der Waals surface area contributed by atoms with Gasteiger partial charge in [-0.2, -0.15) is 4.98 Å². The van der Waals surface area contributed by atoms with E-state index >= 15 is 0 Å². The first-order chi connectivity index (χ1) is 9.43. The quantitative estimate of drug-likeness (QED) is 0.921. The molecule has 0 saturated carbocycles. The summed E-state index contributed by atoms with van der Waals surface area (Å²) in [5, 5.41) is 3.98. The number of hydrogen-bond acceptors (Lipinski definition) is 6. The minimum Gasteiger partial charge on any atom is -0.368 e. The molecule has 2 aromatic rings. The Morgan fingerprint density at radius 1 is 1.20 bits per heavy atom. The van der Waals surface area contributed by atoms with Crippen LogP contribution >= 0.6 is 0 Å². The van der Waals surface area contributed by atoms with E-state index < -0.39 is 0 Å². The van der Waals surface area contributed by atoms with E-state index in [0.29, 0.717) is 12.5 Å². The molecule has 2 N–H and O–H groups in total. The second-order valence-corrected chi connectivity index (χ2v) is 4.99. The molecule has 0 aliphatic heterocycles. The van der Waals surface area contributed by atoms with Crippen LogP contribution in [0.4, 0.5) is 11.8 Å². The topological polar surface area (TPSA) is 81.1 Å². The smallest absolute Gasteiger partial charge is 0.222 e. The third-order valence-corrected chi connectivity index (χ3v) is 3.51. The van der Waals surface area contributed by atoms with E-state index in [1.54, 1.807) is 0 Å². The first-order valence-electron chi connectivity index (χ1n) is 6.69. The van der Waals surface area contributed by atoms with E-state index in [9.17, 15) is 0 Å². The molecule has 108 valence electrons. The number of nitrogens with zero attached hydrogens (tertiary/aromatic N) is 4. The van der Waals surface area contributed by atoms with Crippen LogP contribution in [-0.4, -0.2) is 22.2 Å². The average molecular weight is 275 g/mol. The molecule has 0 aromatic carbocycles. The van der Waals surface area contributed by atoms with Crippen molar-refractivity contribution in [1.82, 2.24) is 15.1 Å². The van der Waals surface area contributed by atoms with Crippen LogP contribution in [0, 0.1) is 20.8 Å². The highest BCUT2D eigenvalue weighted by molar-refractivity contribution is 5.51. The standard InChI is InChI=1S/C14H21N5O/c1-6-12-8(2)13(17-14(15)16-12)19(5)7-11-9(3)18-20-10(11)4/h6-7H2,1-5H3,(H2,15,16,17). The van der Waals surface area contributed by atoms with Gasteiger partial charge in [0.25, 0.3) is 0 Å². The van der Waals surface area contributed by atoms with Crippen molar-refractivity contribution in [2.45, 2.75) is 40.7 Å². The van der Waals surface area contributed by atoms with Crippen LogP contribution < -0.4 is 10.6 Å². The number of hydrogen-bond donors (Lipinski definition) is 1. The minimum atomic E-state index is 0.313. The second-order valence-electron chi connectivity index (χ2n) is 4.99. The van der Waals surface area contributed by atoms with Crippen LogP contribution in [0.1, 0.15) is 35.2 Å². The van der Waals surface area contributed by atoms with E-state index in [4.69, 9.17) is 10.3 Å². The molecule has 0 aliphatic carbocycles. The normalized spacial score (nSPS) is 10.8. The van der Waals surface area contributed by atoms with Crippen molar-refractivity contribution in [2.24, 2.45) is 0 Å². The molecule has 0 spiro atoms. The van der Waals surface area contributed by atoms with E-state index in [0.717, 1.165) is 40.5 Å². The third kappa shape index (κ3) is 2.59. The maximum Gasteiger partial charge on any atom is 0.222 e. The fraction of sp³-hybridized carbons (Fsp3) is 0.500. The highest BCUT2D eigenvalue weighted by atomic mass is 16.5. The SMILES string of the molecule is CCc1nc(N)nc(N(C)Cc2c(C)noc2C)c1C. The lowest BCUT2D eigenvalue weighted by Crippen LogP contribution is -2.21. The van der Waals surface area contributed by atoms with Gasteiger partial charge in [0.1, 0.15) is 11.6 Å². The molecule has 0 aliphatic rings. The van der Waals surface area contributed by atoms with E-state index in [1.807, 2.05) is 27.8 Å². The van der Waals surface area contributed by atoms with Gasteiger partial charge < -0.3 is 15.2 Å². The molecule has 2 aromatic heterocycles. The fourth-order valence-corrected chi connectivity index (χ4v) is 2.32. The summed E-state index contributed by atoms with van der Waals surface area (Å²) in [6, 6.07) is 0. The highest BCUT2D eigenvalue weighted by Gasteiger charge is 2.16. The zero-order valence-corrected chi connectivity index (χ0v) is 12.7. The van der Waals surface area contributed by atoms with Crippen LogP contribution in [-0.2, 0) is 13.0 Å². The summed E-state index contributed by atoms with van der Waals surface area (Å²) in [6.07, 6.45) is 0.838. The van der Waals surface area contributed by atoms with Gasteiger partial charge in [0, 0.05) is 24.7 Å². The summed E-state index contributed by atoms with van der Waals surface area (Å²) in [5.74, 6) is 2.01. The number of anilines is 2. The number of aryl methyl sites for hydroxylation is 3. The van der Waals surface area contributed by atoms with Crippen molar-refractivity contribution in [3.05, 3.63) is 28.3 Å². The Balaban J connectivity index is 2.34. The molecule has 6 nitrogen and oxygen atoms in total. The summed E-state index contributed by atoms with van der Waals surface area (Å²) in [6.45, 7) is 8.63. The second kappa shape index (κ2) is 5.48. The predicted octanol–water partition coefficient (Wildman–Crippen LogP) is 2.17. The molecule has 0 amide bonds. The molecular weight excluding hydrogens is 254 g/mol. The molecule has 0 unspecified atom stereocenters. The third-order valence-electron chi connectivity index (χ3n) is 3.51. The first-order valence-corrected chi connectivity index (χ1v) is 6.69. The number of aromatic nitrogens is 3. The molecule has 0 bridgehead atoms. The van der Waals surface area contributed by atoms with Crippen molar-refractivity contribution < 1.29 is 4.52 Å². The maximum atomic E-state index is 5.80. The zero-order valence-electron chi connectivity index (χ0n) is 12.7. The summed E-state index contributed by atoms with van der Waals surface area (Å²) in [4.78, 5) is 10.7. The van der Waals surface area contributed by atoms with Crippen LogP contribution in [0.25, 0.3) is 0 Å². The zero-order chi connectivity index (χ0) is 14.9. The molecule has 0 saturated heterocycles. The molecule has 0 atom stereocenters. The van der Waals surface area contributed by atoms with Crippen LogP contribution in [0.2, 0.25) is 0 Å².